The van der Waals surface area contributed by atoms with E-state index in [0.717, 1.165) is 0 Å². The smallest absolute Gasteiger partial charge is 0.313 e. The number of esters is 1. The Kier molecular flexibility index (Phi) is 4.90. The van der Waals surface area contributed by atoms with Crippen LogP contribution in [0, 0.1) is 0 Å². The van der Waals surface area contributed by atoms with Crippen molar-refractivity contribution in [2.75, 3.05) is 0 Å². The van der Waals surface area contributed by atoms with Gasteiger partial charge in [-0.3, -0.25) is 9.59 Å². The van der Waals surface area contributed by atoms with Crippen molar-refractivity contribution in [3.63, 3.8) is 0 Å². The van der Waals surface area contributed by atoms with Gasteiger partial charge >= 0.3 is 5.97 Å². The maximum absolute atomic E-state index is 11.4. The van der Waals surface area contributed by atoms with E-state index in [0.29, 0.717) is 5.76 Å². The average Bonchev–Trinajstić information content (AvgIpc) is 2.67. The molecule has 1 rings (SSSR count). The minimum absolute atomic E-state index is 0.152. The number of carbonyl (C=O) groups excluding carboxylic acids is 2. The van der Waals surface area contributed by atoms with Crippen LogP contribution < -0.4 is 0 Å². The van der Waals surface area contributed by atoms with Crippen LogP contribution in [-0.2, 0) is 14.3 Å². The summed E-state index contributed by atoms with van der Waals surface area (Å²) in [5, 5.41) is 9.61. The van der Waals surface area contributed by atoms with Crippen molar-refractivity contribution in [3.05, 3.63) is 24.2 Å². The molecule has 0 saturated heterocycles. The molecule has 0 aliphatic rings. The Morgan fingerprint density at radius 3 is 2.71 bits per heavy atom. The first-order valence-corrected chi connectivity index (χ1v) is 5.41. The molecule has 0 aliphatic carbocycles. The van der Waals surface area contributed by atoms with E-state index < -0.39 is 12.1 Å². The zero-order valence-corrected chi connectivity index (χ0v) is 9.88. The van der Waals surface area contributed by atoms with Crippen LogP contribution in [0.4, 0.5) is 0 Å². The molecule has 94 valence electrons. The molecule has 5 heteroatoms. The Labute approximate surface area is 99.4 Å². The van der Waals surface area contributed by atoms with Crippen LogP contribution in [0.5, 0.6) is 0 Å². The summed E-state index contributed by atoms with van der Waals surface area (Å²) in [6, 6.07) is 3.19. The van der Waals surface area contributed by atoms with Gasteiger partial charge in [0.1, 0.15) is 24.1 Å². The normalized spacial score (nSPS) is 12.5. The number of hydrogen-bond donors (Lipinski definition) is 1. The number of aliphatic hydroxyl groups excluding tert-OH is 1. The highest BCUT2D eigenvalue weighted by Crippen LogP contribution is 2.17. The first-order chi connectivity index (χ1) is 7.99. The molecule has 1 heterocycles. The van der Waals surface area contributed by atoms with E-state index in [1.165, 1.54) is 6.26 Å². The lowest BCUT2D eigenvalue weighted by molar-refractivity contribution is -0.149. The number of aliphatic hydroxyl groups is 1. The van der Waals surface area contributed by atoms with E-state index in [4.69, 9.17) is 9.15 Å². The van der Waals surface area contributed by atoms with Crippen molar-refractivity contribution < 1.29 is 23.8 Å². The molecule has 0 unspecified atom stereocenters. The highest BCUT2D eigenvalue weighted by molar-refractivity contribution is 5.95. The summed E-state index contributed by atoms with van der Waals surface area (Å²) in [4.78, 5) is 22.6. The fourth-order valence-corrected chi connectivity index (χ4v) is 1.33. The predicted molar refractivity (Wildman–Crippen MR) is 59.1 cm³/mol. The molecule has 1 aromatic rings. The molecule has 1 aromatic heterocycles. The first kappa shape index (κ1) is 13.4. The minimum Gasteiger partial charge on any atom is -0.467 e. The Morgan fingerprint density at radius 1 is 1.47 bits per heavy atom. The highest BCUT2D eigenvalue weighted by atomic mass is 16.5. The predicted octanol–water partition coefficient (Wildman–Crippen LogP) is 1.61. The quantitative estimate of drug-likeness (QED) is 0.604. The van der Waals surface area contributed by atoms with Gasteiger partial charge in [-0.1, -0.05) is 0 Å². The molecular weight excluding hydrogens is 224 g/mol. The Bertz CT molecular complexity index is 366. The monoisotopic (exact) mass is 240 g/mol. The average molecular weight is 240 g/mol. The molecule has 17 heavy (non-hydrogen) atoms. The maximum atomic E-state index is 11.4. The van der Waals surface area contributed by atoms with E-state index in [1.807, 2.05) is 0 Å². The van der Waals surface area contributed by atoms with Gasteiger partial charge in [-0.2, -0.15) is 0 Å². The topological polar surface area (TPSA) is 76.7 Å². The molecule has 0 aliphatic heterocycles. The number of ether oxygens (including phenoxy) is 1. The second-order valence-corrected chi connectivity index (χ2v) is 3.99. The van der Waals surface area contributed by atoms with Crippen LogP contribution in [0.2, 0.25) is 0 Å². The van der Waals surface area contributed by atoms with Crippen LogP contribution >= 0.6 is 0 Å². The van der Waals surface area contributed by atoms with E-state index in [2.05, 4.69) is 0 Å². The van der Waals surface area contributed by atoms with Gasteiger partial charge in [-0.15, -0.1) is 0 Å². The van der Waals surface area contributed by atoms with Gasteiger partial charge in [0.25, 0.3) is 0 Å². The summed E-state index contributed by atoms with van der Waals surface area (Å²) in [5.74, 6) is -0.633. The lowest BCUT2D eigenvalue weighted by Gasteiger charge is -2.08. The van der Waals surface area contributed by atoms with Gasteiger partial charge in [-0.05, 0) is 26.0 Å². The largest absolute Gasteiger partial charge is 0.467 e. The third kappa shape index (κ3) is 4.82. The number of carbonyl (C=O) groups is 2. The Balaban J connectivity index is 2.37. The van der Waals surface area contributed by atoms with Gasteiger partial charge in [0.2, 0.25) is 0 Å². The molecular formula is C12H16O5. The number of furan rings is 1. The second kappa shape index (κ2) is 6.20. The fourth-order valence-electron chi connectivity index (χ4n) is 1.33. The maximum Gasteiger partial charge on any atom is 0.313 e. The third-order valence-electron chi connectivity index (χ3n) is 2.00. The minimum atomic E-state index is -1.01. The van der Waals surface area contributed by atoms with Crippen molar-refractivity contribution >= 4 is 11.8 Å². The molecule has 0 aromatic carbocycles. The summed E-state index contributed by atoms with van der Waals surface area (Å²) >= 11 is 0. The van der Waals surface area contributed by atoms with Crippen LogP contribution in [0.3, 0.4) is 0 Å². The lowest BCUT2D eigenvalue weighted by Crippen LogP contribution is -2.17. The van der Waals surface area contributed by atoms with Gasteiger partial charge in [0, 0.05) is 6.42 Å². The van der Waals surface area contributed by atoms with Gasteiger partial charge in [0.05, 0.1) is 12.4 Å². The van der Waals surface area contributed by atoms with Crippen molar-refractivity contribution in [1.29, 1.82) is 0 Å². The van der Waals surface area contributed by atoms with E-state index in [-0.39, 0.29) is 24.7 Å². The van der Waals surface area contributed by atoms with Gasteiger partial charge in [-0.25, -0.2) is 0 Å². The summed E-state index contributed by atoms with van der Waals surface area (Å²) in [6.45, 7) is 3.42. The summed E-state index contributed by atoms with van der Waals surface area (Å²) < 4.78 is 9.78. The number of Topliss-reactive ketones (excluding diaryl/α,β-unsaturated/α-hetero) is 1. The number of rotatable bonds is 6. The van der Waals surface area contributed by atoms with Crippen molar-refractivity contribution in [2.45, 2.75) is 38.9 Å². The Morgan fingerprint density at radius 2 is 2.18 bits per heavy atom. The van der Waals surface area contributed by atoms with Crippen LogP contribution in [0.25, 0.3) is 0 Å². The van der Waals surface area contributed by atoms with Crippen LogP contribution in [0.15, 0.2) is 22.8 Å². The molecule has 0 bridgehead atoms. The molecule has 0 saturated carbocycles. The molecule has 0 amide bonds. The highest BCUT2D eigenvalue weighted by Gasteiger charge is 2.18. The standard InChI is InChI=1S/C12H16O5/c1-8(2)17-12(15)7-9(13)6-10(14)11-4-3-5-16-11/h3-5,8,10,14H,6-7H2,1-2H3/t10-/m0/s1. The van der Waals surface area contributed by atoms with E-state index in [1.54, 1.807) is 26.0 Å². The second-order valence-electron chi connectivity index (χ2n) is 3.99. The first-order valence-electron chi connectivity index (χ1n) is 5.41. The molecule has 1 N–H and O–H groups in total. The van der Waals surface area contributed by atoms with Gasteiger partial charge in [0.15, 0.2) is 0 Å². The van der Waals surface area contributed by atoms with Gasteiger partial charge < -0.3 is 14.3 Å². The molecule has 0 spiro atoms. The molecule has 5 nitrogen and oxygen atoms in total. The molecule has 0 fully saturated rings. The van der Waals surface area contributed by atoms with E-state index in [9.17, 15) is 14.7 Å². The fraction of sp³-hybridized carbons (Fsp3) is 0.500. The van der Waals surface area contributed by atoms with Crippen LogP contribution in [0.1, 0.15) is 38.6 Å². The summed E-state index contributed by atoms with van der Waals surface area (Å²) in [7, 11) is 0. The van der Waals surface area contributed by atoms with Crippen molar-refractivity contribution in [2.24, 2.45) is 0 Å². The van der Waals surface area contributed by atoms with Crippen LogP contribution in [-0.4, -0.2) is 23.0 Å². The number of hydrogen-bond acceptors (Lipinski definition) is 5. The van der Waals surface area contributed by atoms with Crippen molar-refractivity contribution in [1.82, 2.24) is 0 Å². The molecule has 1 atom stereocenters. The lowest BCUT2D eigenvalue weighted by atomic mass is 10.1. The third-order valence-corrected chi connectivity index (χ3v) is 2.00. The number of ketones is 1. The Hall–Kier alpha value is -1.62. The van der Waals surface area contributed by atoms with E-state index >= 15 is 0 Å². The molecule has 0 radical (unpaired) electrons. The SMILES string of the molecule is CC(C)OC(=O)CC(=O)C[C@H](O)c1ccco1. The zero-order valence-electron chi connectivity index (χ0n) is 9.88. The summed E-state index contributed by atoms with van der Waals surface area (Å²) in [6.07, 6.45) is -0.318. The zero-order chi connectivity index (χ0) is 12.8. The van der Waals surface area contributed by atoms with Crippen molar-refractivity contribution in [3.8, 4) is 0 Å². The summed E-state index contributed by atoms with van der Waals surface area (Å²) in [5.41, 5.74) is 0.